The number of carbonyl (C=O) groups excluding carboxylic acids is 2. The van der Waals surface area contributed by atoms with Gasteiger partial charge in [0.25, 0.3) is 0 Å². The van der Waals surface area contributed by atoms with Crippen LogP contribution in [0.15, 0.2) is 24.3 Å². The van der Waals surface area contributed by atoms with Crippen LogP contribution in [0.5, 0.6) is 0 Å². The van der Waals surface area contributed by atoms with E-state index >= 15 is 0 Å². The van der Waals surface area contributed by atoms with E-state index in [0.29, 0.717) is 18.2 Å². The van der Waals surface area contributed by atoms with Gasteiger partial charge in [-0.15, -0.1) is 11.8 Å². The van der Waals surface area contributed by atoms with Crippen molar-refractivity contribution in [3.63, 3.8) is 0 Å². The largest absolute Gasteiger partial charge is 0.382 e. The van der Waals surface area contributed by atoms with Crippen LogP contribution in [-0.4, -0.2) is 39.4 Å². The van der Waals surface area contributed by atoms with Crippen molar-refractivity contribution < 1.29 is 9.59 Å². The average Bonchev–Trinajstić information content (AvgIpc) is 3.14. The van der Waals surface area contributed by atoms with Gasteiger partial charge in [0.05, 0.1) is 4.87 Å². The first-order chi connectivity index (χ1) is 12.5. The Labute approximate surface area is 159 Å². The summed E-state index contributed by atoms with van der Waals surface area (Å²) in [7, 11) is 0. The molecule has 6 heteroatoms. The number of hydrogen-bond donors (Lipinski definition) is 2. The van der Waals surface area contributed by atoms with Crippen LogP contribution >= 0.6 is 11.8 Å². The predicted octanol–water partition coefficient (Wildman–Crippen LogP) is 3.82. The molecule has 3 fully saturated rings. The number of hydrogen-bond acceptors (Lipinski definition) is 4. The average molecular weight is 374 g/mol. The summed E-state index contributed by atoms with van der Waals surface area (Å²) in [6.45, 7) is 2.07. The topological polar surface area (TPSA) is 61.4 Å². The SMILES string of the molecule is C[C@]12CCC(=O)N1[C@@H](C(=O)Nc1ccc(NC3CCCCC3)cc1)CS2. The number of carbonyl (C=O) groups is 2. The van der Waals surface area contributed by atoms with Gasteiger partial charge in [0.1, 0.15) is 6.04 Å². The van der Waals surface area contributed by atoms with Gasteiger partial charge in [0.2, 0.25) is 11.8 Å². The van der Waals surface area contributed by atoms with E-state index in [2.05, 4.69) is 17.6 Å². The summed E-state index contributed by atoms with van der Waals surface area (Å²) in [6, 6.07) is 8.14. The molecule has 0 unspecified atom stereocenters. The molecule has 4 rings (SSSR count). The van der Waals surface area contributed by atoms with Crippen molar-refractivity contribution in [3.05, 3.63) is 24.3 Å². The van der Waals surface area contributed by atoms with Crippen LogP contribution in [0.2, 0.25) is 0 Å². The van der Waals surface area contributed by atoms with Crippen LogP contribution in [0, 0.1) is 0 Å². The van der Waals surface area contributed by atoms with Crippen LogP contribution in [0.4, 0.5) is 11.4 Å². The molecule has 0 aromatic heterocycles. The molecule has 3 aliphatic rings. The minimum atomic E-state index is -0.361. The molecule has 0 radical (unpaired) electrons. The lowest BCUT2D eigenvalue weighted by Gasteiger charge is -2.29. The quantitative estimate of drug-likeness (QED) is 0.842. The summed E-state index contributed by atoms with van der Waals surface area (Å²) in [4.78, 5) is 26.5. The lowest BCUT2D eigenvalue weighted by atomic mass is 9.95. The highest BCUT2D eigenvalue weighted by molar-refractivity contribution is 8.01. The fourth-order valence-corrected chi connectivity index (χ4v) is 5.80. The fourth-order valence-electron chi connectivity index (χ4n) is 4.37. The molecular formula is C20H27N3O2S. The van der Waals surface area contributed by atoms with E-state index in [-0.39, 0.29) is 22.7 Å². The molecule has 2 aliphatic heterocycles. The third-order valence-corrected chi connectivity index (χ3v) is 7.38. The Morgan fingerprint density at radius 1 is 1.15 bits per heavy atom. The highest BCUT2D eigenvalue weighted by Crippen LogP contribution is 2.47. The van der Waals surface area contributed by atoms with Gasteiger partial charge in [-0.3, -0.25) is 9.59 Å². The van der Waals surface area contributed by atoms with E-state index in [1.165, 1.54) is 32.1 Å². The van der Waals surface area contributed by atoms with Gasteiger partial charge < -0.3 is 15.5 Å². The van der Waals surface area contributed by atoms with Crippen molar-refractivity contribution in [1.82, 2.24) is 4.90 Å². The summed E-state index contributed by atoms with van der Waals surface area (Å²) in [5.74, 6) is 0.698. The van der Waals surface area contributed by atoms with Gasteiger partial charge in [0, 0.05) is 29.6 Å². The molecule has 2 heterocycles. The maximum Gasteiger partial charge on any atom is 0.248 e. The molecule has 2 atom stereocenters. The maximum absolute atomic E-state index is 12.7. The van der Waals surface area contributed by atoms with Crippen molar-refractivity contribution in [2.75, 3.05) is 16.4 Å². The molecule has 2 N–H and O–H groups in total. The molecule has 5 nitrogen and oxygen atoms in total. The second-order valence-electron chi connectivity index (χ2n) is 7.81. The van der Waals surface area contributed by atoms with Crippen LogP contribution in [0.25, 0.3) is 0 Å². The van der Waals surface area contributed by atoms with Gasteiger partial charge in [0.15, 0.2) is 0 Å². The Hall–Kier alpha value is -1.69. The molecule has 26 heavy (non-hydrogen) atoms. The van der Waals surface area contributed by atoms with E-state index in [0.717, 1.165) is 17.8 Å². The Balaban J connectivity index is 1.36. The first-order valence-corrected chi connectivity index (χ1v) is 10.7. The predicted molar refractivity (Wildman–Crippen MR) is 106 cm³/mol. The summed E-state index contributed by atoms with van der Waals surface area (Å²) in [5.41, 5.74) is 1.89. The van der Waals surface area contributed by atoms with Gasteiger partial charge >= 0.3 is 0 Å². The van der Waals surface area contributed by atoms with Gasteiger partial charge in [-0.2, -0.15) is 0 Å². The molecule has 1 aromatic rings. The van der Waals surface area contributed by atoms with Crippen molar-refractivity contribution >= 4 is 35.0 Å². The zero-order chi connectivity index (χ0) is 18.1. The van der Waals surface area contributed by atoms with Crippen molar-refractivity contribution in [2.45, 2.75) is 68.8 Å². The van der Waals surface area contributed by atoms with Gasteiger partial charge in [-0.05, 0) is 50.5 Å². The lowest BCUT2D eigenvalue weighted by Crippen LogP contribution is -2.48. The van der Waals surface area contributed by atoms with E-state index in [9.17, 15) is 9.59 Å². The summed E-state index contributed by atoms with van der Waals surface area (Å²) in [6.07, 6.45) is 7.82. The first-order valence-electron chi connectivity index (χ1n) is 9.69. The van der Waals surface area contributed by atoms with Crippen LogP contribution in [0.1, 0.15) is 51.9 Å². The van der Waals surface area contributed by atoms with Crippen molar-refractivity contribution in [3.8, 4) is 0 Å². The molecule has 2 saturated heterocycles. The Bertz CT molecular complexity index is 687. The standard InChI is InChI=1S/C20H27N3O2S/c1-20-12-11-18(24)23(20)17(13-26-20)19(25)22-16-9-7-15(8-10-16)21-14-5-3-2-4-6-14/h7-10,14,17,21H,2-6,11-13H2,1H3,(H,22,25)/t17-,20+/m1/s1. The molecule has 1 aromatic carbocycles. The molecule has 140 valence electrons. The van der Waals surface area contributed by atoms with Gasteiger partial charge in [-0.25, -0.2) is 0 Å². The first kappa shape index (κ1) is 17.7. The molecule has 0 spiro atoms. The number of amides is 2. The lowest BCUT2D eigenvalue weighted by molar-refractivity contribution is -0.135. The molecule has 2 amide bonds. The highest BCUT2D eigenvalue weighted by Gasteiger charge is 2.52. The molecule has 1 aliphatic carbocycles. The Kier molecular flexibility index (Phi) is 4.86. The maximum atomic E-state index is 12.7. The number of benzene rings is 1. The minimum Gasteiger partial charge on any atom is -0.382 e. The fraction of sp³-hybridized carbons (Fsp3) is 0.600. The second kappa shape index (κ2) is 7.14. The van der Waals surface area contributed by atoms with Crippen LogP contribution in [0.3, 0.4) is 0 Å². The number of thioether (sulfide) groups is 1. The highest BCUT2D eigenvalue weighted by atomic mass is 32.2. The van der Waals surface area contributed by atoms with Crippen LogP contribution in [-0.2, 0) is 9.59 Å². The number of fused-ring (bicyclic) bond motifs is 1. The Morgan fingerprint density at radius 2 is 1.85 bits per heavy atom. The van der Waals surface area contributed by atoms with E-state index < -0.39 is 0 Å². The molecule has 1 saturated carbocycles. The monoisotopic (exact) mass is 373 g/mol. The van der Waals surface area contributed by atoms with Crippen molar-refractivity contribution in [2.24, 2.45) is 0 Å². The van der Waals surface area contributed by atoms with E-state index in [1.54, 1.807) is 16.7 Å². The number of nitrogens with zero attached hydrogens (tertiary/aromatic N) is 1. The van der Waals surface area contributed by atoms with Crippen LogP contribution < -0.4 is 10.6 Å². The number of nitrogens with one attached hydrogen (secondary N) is 2. The van der Waals surface area contributed by atoms with E-state index in [4.69, 9.17) is 0 Å². The zero-order valence-corrected chi connectivity index (χ0v) is 16.1. The zero-order valence-electron chi connectivity index (χ0n) is 15.3. The number of anilines is 2. The Morgan fingerprint density at radius 3 is 2.58 bits per heavy atom. The van der Waals surface area contributed by atoms with E-state index in [1.807, 2.05) is 24.3 Å². The molecule has 0 bridgehead atoms. The van der Waals surface area contributed by atoms with Gasteiger partial charge in [-0.1, -0.05) is 19.3 Å². The second-order valence-corrected chi connectivity index (χ2v) is 9.31. The minimum absolute atomic E-state index is 0.0792. The smallest absolute Gasteiger partial charge is 0.248 e. The summed E-state index contributed by atoms with van der Waals surface area (Å²) >= 11 is 1.72. The summed E-state index contributed by atoms with van der Waals surface area (Å²) < 4.78 is 0. The third kappa shape index (κ3) is 3.43. The third-order valence-electron chi connectivity index (χ3n) is 5.88. The number of rotatable bonds is 4. The summed E-state index contributed by atoms with van der Waals surface area (Å²) in [5, 5.41) is 6.58. The van der Waals surface area contributed by atoms with Crippen molar-refractivity contribution in [1.29, 1.82) is 0 Å². The normalized spacial score (nSPS) is 28.9. The molecular weight excluding hydrogens is 346 g/mol.